The normalized spacial score (nSPS) is 17.6. The first-order valence-corrected chi connectivity index (χ1v) is 8.26. The van der Waals surface area contributed by atoms with E-state index >= 15 is 0 Å². The summed E-state index contributed by atoms with van der Waals surface area (Å²) in [5.74, 6) is 0.626. The van der Waals surface area contributed by atoms with Crippen molar-refractivity contribution in [3.05, 3.63) is 23.3 Å². The molecule has 128 valence electrons. The van der Waals surface area contributed by atoms with Gasteiger partial charge in [0.25, 0.3) is 0 Å². The topological polar surface area (TPSA) is 55.8 Å². The number of rotatable bonds is 4. The van der Waals surface area contributed by atoms with Gasteiger partial charge in [-0.05, 0) is 30.4 Å². The molecule has 4 nitrogen and oxygen atoms in total. The summed E-state index contributed by atoms with van der Waals surface area (Å²) in [7, 11) is 3.24. The molecule has 1 aromatic rings. The number of ether oxygens (including phenoxy) is 2. The Morgan fingerprint density at radius 3 is 2.04 bits per heavy atom. The predicted octanol–water partition coefficient (Wildman–Crippen LogP) is 4.29. The van der Waals surface area contributed by atoms with Crippen LogP contribution in [0.2, 0.25) is 0 Å². The molecule has 0 aliphatic heterocycles. The van der Waals surface area contributed by atoms with Crippen molar-refractivity contribution in [2.45, 2.75) is 63.7 Å². The zero-order valence-corrected chi connectivity index (χ0v) is 14.9. The van der Waals surface area contributed by atoms with E-state index in [1.807, 2.05) is 12.1 Å². The first-order chi connectivity index (χ1) is 10.8. The Balaban J connectivity index is 2.68. The standard InChI is InChI=1S/C19H28O4/c1-18(2,3)13-11-16(23-5)14(12-15(13)22-4)19(17(20)21)9-7-6-8-10-19/h11-12H,6-10H2,1-5H3,(H,20,21). The minimum Gasteiger partial charge on any atom is -0.496 e. The highest BCUT2D eigenvalue weighted by Crippen LogP contribution is 2.47. The predicted molar refractivity (Wildman–Crippen MR) is 90.6 cm³/mol. The number of carboxylic acids is 1. The summed E-state index contributed by atoms with van der Waals surface area (Å²) in [6, 6.07) is 3.84. The Morgan fingerprint density at radius 1 is 1.04 bits per heavy atom. The maximum Gasteiger partial charge on any atom is 0.314 e. The van der Waals surface area contributed by atoms with Crippen molar-refractivity contribution in [2.75, 3.05) is 14.2 Å². The Bertz CT molecular complexity index is 578. The van der Waals surface area contributed by atoms with Crippen molar-refractivity contribution < 1.29 is 19.4 Å². The molecular weight excluding hydrogens is 292 g/mol. The van der Waals surface area contributed by atoms with Crippen LogP contribution in [0, 0.1) is 0 Å². The largest absolute Gasteiger partial charge is 0.496 e. The van der Waals surface area contributed by atoms with Gasteiger partial charge in [0.2, 0.25) is 0 Å². The molecule has 0 saturated heterocycles. The molecule has 0 unspecified atom stereocenters. The van der Waals surface area contributed by atoms with E-state index in [9.17, 15) is 9.90 Å². The van der Waals surface area contributed by atoms with Gasteiger partial charge in [-0.25, -0.2) is 0 Å². The Labute approximate surface area is 138 Å². The number of hydrogen-bond donors (Lipinski definition) is 1. The highest BCUT2D eigenvalue weighted by Gasteiger charge is 2.44. The minimum atomic E-state index is -0.868. The maximum absolute atomic E-state index is 12.1. The van der Waals surface area contributed by atoms with Crippen molar-refractivity contribution >= 4 is 5.97 Å². The lowest BCUT2D eigenvalue weighted by atomic mass is 9.68. The number of carboxylic acid groups (broad SMARTS) is 1. The summed E-state index contributed by atoms with van der Waals surface area (Å²) in [5, 5.41) is 9.96. The summed E-state index contributed by atoms with van der Waals surface area (Å²) in [6.07, 6.45) is 4.25. The third kappa shape index (κ3) is 3.17. The molecule has 0 amide bonds. The number of methoxy groups -OCH3 is 2. The first-order valence-electron chi connectivity index (χ1n) is 8.26. The van der Waals surface area contributed by atoms with Crippen molar-refractivity contribution in [1.29, 1.82) is 0 Å². The van der Waals surface area contributed by atoms with Gasteiger partial charge in [0, 0.05) is 11.1 Å². The van der Waals surface area contributed by atoms with Gasteiger partial charge in [0.1, 0.15) is 11.5 Å². The summed E-state index contributed by atoms with van der Waals surface area (Å²) < 4.78 is 11.2. The van der Waals surface area contributed by atoms with Crippen LogP contribution >= 0.6 is 0 Å². The molecule has 4 heteroatoms. The van der Waals surface area contributed by atoms with Gasteiger partial charge in [-0.2, -0.15) is 0 Å². The molecule has 0 bridgehead atoms. The number of benzene rings is 1. The lowest BCUT2D eigenvalue weighted by molar-refractivity contribution is -0.145. The van der Waals surface area contributed by atoms with Gasteiger partial charge >= 0.3 is 5.97 Å². The van der Waals surface area contributed by atoms with Gasteiger partial charge in [0.05, 0.1) is 19.6 Å². The van der Waals surface area contributed by atoms with Crippen molar-refractivity contribution in [1.82, 2.24) is 0 Å². The molecule has 0 aromatic heterocycles. The van der Waals surface area contributed by atoms with Gasteiger partial charge in [-0.3, -0.25) is 4.79 Å². The van der Waals surface area contributed by atoms with Crippen LogP contribution in [0.4, 0.5) is 0 Å². The third-order valence-electron chi connectivity index (χ3n) is 4.96. The second-order valence-corrected chi connectivity index (χ2v) is 7.45. The quantitative estimate of drug-likeness (QED) is 0.899. The second-order valence-electron chi connectivity index (χ2n) is 7.45. The summed E-state index contributed by atoms with van der Waals surface area (Å²) >= 11 is 0. The average Bonchev–Trinajstić information content (AvgIpc) is 2.53. The Kier molecular flexibility index (Phi) is 4.92. The highest BCUT2D eigenvalue weighted by molar-refractivity contribution is 5.83. The van der Waals surface area contributed by atoms with Crippen LogP contribution in [-0.2, 0) is 15.6 Å². The smallest absolute Gasteiger partial charge is 0.314 e. The zero-order valence-electron chi connectivity index (χ0n) is 14.9. The monoisotopic (exact) mass is 320 g/mol. The first kappa shape index (κ1) is 17.6. The van der Waals surface area contributed by atoms with E-state index in [0.717, 1.165) is 36.1 Å². The van der Waals surface area contributed by atoms with E-state index in [-0.39, 0.29) is 5.41 Å². The Morgan fingerprint density at radius 2 is 1.61 bits per heavy atom. The van der Waals surface area contributed by atoms with Crippen LogP contribution < -0.4 is 9.47 Å². The van der Waals surface area contributed by atoms with Crippen LogP contribution in [0.1, 0.15) is 64.0 Å². The van der Waals surface area contributed by atoms with Crippen LogP contribution in [0.3, 0.4) is 0 Å². The summed E-state index contributed by atoms with van der Waals surface area (Å²) in [4.78, 5) is 12.1. The number of hydrogen-bond acceptors (Lipinski definition) is 3. The van der Waals surface area contributed by atoms with Crippen molar-refractivity contribution in [2.24, 2.45) is 0 Å². The fraction of sp³-hybridized carbons (Fsp3) is 0.632. The van der Waals surface area contributed by atoms with E-state index in [0.29, 0.717) is 18.6 Å². The zero-order chi connectivity index (χ0) is 17.3. The molecule has 1 aliphatic carbocycles. The molecule has 0 heterocycles. The van der Waals surface area contributed by atoms with Gasteiger partial charge in [-0.15, -0.1) is 0 Å². The molecule has 1 fully saturated rings. The third-order valence-corrected chi connectivity index (χ3v) is 4.96. The van der Waals surface area contributed by atoms with E-state index in [2.05, 4.69) is 20.8 Å². The van der Waals surface area contributed by atoms with Gasteiger partial charge < -0.3 is 14.6 Å². The maximum atomic E-state index is 12.1. The minimum absolute atomic E-state index is 0.111. The molecule has 0 atom stereocenters. The van der Waals surface area contributed by atoms with E-state index in [4.69, 9.17) is 9.47 Å². The van der Waals surface area contributed by atoms with Crippen LogP contribution in [0.15, 0.2) is 12.1 Å². The van der Waals surface area contributed by atoms with E-state index in [1.165, 1.54) is 0 Å². The lowest BCUT2D eigenvalue weighted by Gasteiger charge is -2.35. The van der Waals surface area contributed by atoms with Gasteiger partial charge in [0.15, 0.2) is 0 Å². The molecule has 0 radical (unpaired) electrons. The van der Waals surface area contributed by atoms with Gasteiger partial charge in [-0.1, -0.05) is 40.0 Å². The number of carbonyl (C=O) groups is 1. The Hall–Kier alpha value is -1.71. The van der Waals surface area contributed by atoms with Crippen LogP contribution in [0.5, 0.6) is 11.5 Å². The molecular formula is C19H28O4. The molecule has 23 heavy (non-hydrogen) atoms. The average molecular weight is 320 g/mol. The molecule has 1 saturated carbocycles. The molecule has 1 aromatic carbocycles. The molecule has 1 aliphatic rings. The van der Waals surface area contributed by atoms with Crippen LogP contribution in [0.25, 0.3) is 0 Å². The van der Waals surface area contributed by atoms with E-state index < -0.39 is 11.4 Å². The summed E-state index contributed by atoms with van der Waals surface area (Å²) in [6.45, 7) is 6.33. The number of aliphatic carboxylic acids is 1. The van der Waals surface area contributed by atoms with Crippen molar-refractivity contribution in [3.8, 4) is 11.5 Å². The lowest BCUT2D eigenvalue weighted by Crippen LogP contribution is -2.38. The fourth-order valence-corrected chi connectivity index (χ4v) is 3.61. The second kappa shape index (κ2) is 6.42. The fourth-order valence-electron chi connectivity index (χ4n) is 3.61. The highest BCUT2D eigenvalue weighted by atomic mass is 16.5. The molecule has 0 spiro atoms. The van der Waals surface area contributed by atoms with E-state index in [1.54, 1.807) is 14.2 Å². The SMILES string of the molecule is COc1cc(C2(C(=O)O)CCCCC2)c(OC)cc1C(C)(C)C. The molecule has 1 N–H and O–H groups in total. The van der Waals surface area contributed by atoms with Crippen molar-refractivity contribution in [3.63, 3.8) is 0 Å². The summed E-state index contributed by atoms with van der Waals surface area (Å²) in [5.41, 5.74) is 0.793. The molecule has 2 rings (SSSR count). The van der Waals surface area contributed by atoms with Crippen LogP contribution in [-0.4, -0.2) is 25.3 Å².